The van der Waals surface area contributed by atoms with Gasteiger partial charge >= 0.3 is 7.82 Å². The third-order valence-corrected chi connectivity index (χ3v) is 2.12. The lowest BCUT2D eigenvalue weighted by Gasteiger charge is -2.10. The molecule has 0 spiro atoms. The van der Waals surface area contributed by atoms with Crippen molar-refractivity contribution in [1.29, 1.82) is 0 Å². The third-order valence-electron chi connectivity index (χ3n) is 1.10. The molecule has 0 aromatic rings. The maximum Gasteiger partial charge on any atom is 0.472 e. The normalized spacial score (nSPS) is 14.7. The first-order valence-electron chi connectivity index (χ1n) is 3.99. The molecule has 0 aliphatic carbocycles. The largest absolute Gasteiger partial charge is 0.472 e. The van der Waals surface area contributed by atoms with Crippen LogP contribution in [0.4, 0.5) is 0 Å². The number of rotatable bonds is 9. The number of hydrogen-bond acceptors (Lipinski definition) is 6. The van der Waals surface area contributed by atoms with Gasteiger partial charge in [0.2, 0.25) is 0 Å². The fraction of sp³-hybridized carbons (Fsp3) is 0.833. The van der Waals surface area contributed by atoms with E-state index in [2.05, 4.69) is 13.8 Å². The van der Waals surface area contributed by atoms with E-state index in [1.807, 2.05) is 0 Å². The van der Waals surface area contributed by atoms with Gasteiger partial charge in [-0.15, -0.1) is 0 Å². The number of carbonyl (C=O) groups is 1. The zero-order chi connectivity index (χ0) is 10.9. The summed E-state index contributed by atoms with van der Waals surface area (Å²) in [6.45, 7) is 0.511. The van der Waals surface area contributed by atoms with Gasteiger partial charge < -0.3 is 15.4 Å². The Hall–Kier alpha value is -0.460. The molecule has 0 aliphatic rings. The quantitative estimate of drug-likeness (QED) is 0.314. The zero-order valence-corrected chi connectivity index (χ0v) is 8.52. The van der Waals surface area contributed by atoms with Crippen LogP contribution < -0.4 is 5.73 Å². The van der Waals surface area contributed by atoms with E-state index in [4.69, 9.17) is 10.6 Å². The zero-order valence-electron chi connectivity index (χ0n) is 7.63. The van der Waals surface area contributed by atoms with Crippen molar-refractivity contribution in [2.45, 2.75) is 6.42 Å². The van der Waals surface area contributed by atoms with Crippen molar-refractivity contribution in [3.63, 3.8) is 0 Å². The lowest BCUT2D eigenvalue weighted by atomic mass is 10.5. The van der Waals surface area contributed by atoms with E-state index in [0.29, 0.717) is 12.9 Å². The van der Waals surface area contributed by atoms with Gasteiger partial charge in [0.25, 0.3) is 6.47 Å². The van der Waals surface area contributed by atoms with Gasteiger partial charge in [-0.3, -0.25) is 13.8 Å². The summed E-state index contributed by atoms with van der Waals surface area (Å²) in [5, 5.41) is 0. The summed E-state index contributed by atoms with van der Waals surface area (Å²) >= 11 is 0. The molecule has 3 N–H and O–H groups in total. The van der Waals surface area contributed by atoms with Crippen molar-refractivity contribution < 1.29 is 28.0 Å². The molecule has 8 heteroatoms. The molecule has 0 rings (SSSR count). The molecule has 0 radical (unpaired) electrons. The van der Waals surface area contributed by atoms with Crippen molar-refractivity contribution in [2.75, 3.05) is 26.4 Å². The summed E-state index contributed by atoms with van der Waals surface area (Å²) in [7, 11) is -3.98. The van der Waals surface area contributed by atoms with Gasteiger partial charge in [0.1, 0.15) is 0 Å². The van der Waals surface area contributed by atoms with Gasteiger partial charge in [0, 0.05) is 13.0 Å². The number of carbonyl (C=O) groups excluding carboxylic acids is 1. The van der Waals surface area contributed by atoms with Crippen molar-refractivity contribution in [1.82, 2.24) is 0 Å². The lowest BCUT2D eigenvalue weighted by Crippen LogP contribution is -2.08. The molecule has 84 valence electrons. The Morgan fingerprint density at radius 2 is 1.93 bits per heavy atom. The highest BCUT2D eigenvalue weighted by Gasteiger charge is 2.19. The predicted molar refractivity (Wildman–Crippen MR) is 47.4 cm³/mol. The fourth-order valence-electron chi connectivity index (χ4n) is 0.576. The van der Waals surface area contributed by atoms with Crippen LogP contribution in [0.15, 0.2) is 0 Å². The van der Waals surface area contributed by atoms with E-state index in [1.165, 1.54) is 0 Å². The Kier molecular flexibility index (Phi) is 7.64. The molecule has 0 aromatic carbocycles. The van der Waals surface area contributed by atoms with E-state index in [1.54, 1.807) is 0 Å². The van der Waals surface area contributed by atoms with Crippen LogP contribution in [0, 0.1) is 0 Å². The maximum absolute atomic E-state index is 11.0. The molecule has 0 saturated carbocycles. The molecule has 0 bridgehead atoms. The lowest BCUT2D eigenvalue weighted by molar-refractivity contribution is -0.128. The molecule has 0 saturated heterocycles. The highest BCUT2D eigenvalue weighted by Crippen LogP contribution is 2.42. The molecule has 0 aliphatic heterocycles. The van der Waals surface area contributed by atoms with Gasteiger partial charge in [-0.2, -0.15) is 0 Å². The molecule has 0 amide bonds. The predicted octanol–water partition coefficient (Wildman–Crippen LogP) is -0.358. The van der Waals surface area contributed by atoms with Crippen LogP contribution >= 0.6 is 7.82 Å². The second-order valence-electron chi connectivity index (χ2n) is 2.24. The molecule has 0 aromatic heterocycles. The standard InChI is InChI=1S/C6H14NO6P/c7-2-5-13-14(9,10)12-4-1-3-11-6-8/h6H,1-5,7H2,(H,9,10). The van der Waals surface area contributed by atoms with Crippen molar-refractivity contribution in [3.8, 4) is 0 Å². The first kappa shape index (κ1) is 13.5. The topological polar surface area (TPSA) is 108 Å². The maximum atomic E-state index is 11.0. The monoisotopic (exact) mass is 227 g/mol. The van der Waals surface area contributed by atoms with E-state index >= 15 is 0 Å². The Labute approximate surface area is 81.7 Å². The van der Waals surface area contributed by atoms with Crippen molar-refractivity contribution in [3.05, 3.63) is 0 Å². The van der Waals surface area contributed by atoms with Crippen molar-refractivity contribution in [2.24, 2.45) is 5.73 Å². The van der Waals surface area contributed by atoms with Crippen LogP contribution in [-0.4, -0.2) is 37.7 Å². The number of phosphoric acid groups is 1. The average Bonchev–Trinajstić information content (AvgIpc) is 2.15. The van der Waals surface area contributed by atoms with Crippen LogP contribution in [0.1, 0.15) is 6.42 Å². The van der Waals surface area contributed by atoms with E-state index in [0.717, 1.165) is 0 Å². The SMILES string of the molecule is NCCOP(=O)(O)OCCCOC=O. The smallest absolute Gasteiger partial charge is 0.468 e. The molecule has 0 fully saturated rings. The second kappa shape index (κ2) is 7.90. The van der Waals surface area contributed by atoms with Gasteiger partial charge in [-0.05, 0) is 0 Å². The number of nitrogens with two attached hydrogens (primary N) is 1. The Bertz CT molecular complexity index is 199. The van der Waals surface area contributed by atoms with Gasteiger partial charge in [0.05, 0.1) is 19.8 Å². The summed E-state index contributed by atoms with van der Waals surface area (Å²) in [6.07, 6.45) is 0.329. The minimum Gasteiger partial charge on any atom is -0.468 e. The molecule has 1 atom stereocenters. The Morgan fingerprint density at radius 3 is 2.50 bits per heavy atom. The summed E-state index contributed by atoms with van der Waals surface area (Å²) < 4.78 is 24.2. The van der Waals surface area contributed by atoms with Crippen LogP contribution in [0.25, 0.3) is 0 Å². The summed E-state index contributed by atoms with van der Waals surface area (Å²) in [5.74, 6) is 0. The minimum atomic E-state index is -3.98. The summed E-state index contributed by atoms with van der Waals surface area (Å²) in [6, 6.07) is 0. The molecular formula is C6H14NO6P. The summed E-state index contributed by atoms with van der Waals surface area (Å²) in [4.78, 5) is 18.6. The molecule has 1 unspecified atom stereocenters. The molecule has 14 heavy (non-hydrogen) atoms. The van der Waals surface area contributed by atoms with Crippen molar-refractivity contribution >= 4 is 14.3 Å². The van der Waals surface area contributed by atoms with Gasteiger partial charge in [-0.25, -0.2) is 4.57 Å². The minimum absolute atomic E-state index is 0.0216. The van der Waals surface area contributed by atoms with Crippen LogP contribution in [-0.2, 0) is 23.1 Å². The highest BCUT2D eigenvalue weighted by atomic mass is 31.2. The Balaban J connectivity index is 3.45. The fourth-order valence-corrected chi connectivity index (χ4v) is 1.35. The molecular weight excluding hydrogens is 213 g/mol. The van der Waals surface area contributed by atoms with Gasteiger partial charge in [0.15, 0.2) is 0 Å². The highest BCUT2D eigenvalue weighted by molar-refractivity contribution is 7.47. The number of ether oxygens (including phenoxy) is 1. The van der Waals surface area contributed by atoms with Crippen LogP contribution in [0.5, 0.6) is 0 Å². The van der Waals surface area contributed by atoms with E-state index in [-0.39, 0.29) is 26.4 Å². The van der Waals surface area contributed by atoms with Gasteiger partial charge in [-0.1, -0.05) is 0 Å². The summed E-state index contributed by atoms with van der Waals surface area (Å²) in [5.41, 5.74) is 5.06. The van der Waals surface area contributed by atoms with E-state index < -0.39 is 7.82 Å². The van der Waals surface area contributed by atoms with E-state index in [9.17, 15) is 9.36 Å². The van der Waals surface area contributed by atoms with Crippen LogP contribution in [0.2, 0.25) is 0 Å². The first-order chi connectivity index (χ1) is 6.62. The molecule has 0 heterocycles. The number of hydrogen-bond donors (Lipinski definition) is 2. The van der Waals surface area contributed by atoms with Crippen LogP contribution in [0.3, 0.4) is 0 Å². The Morgan fingerprint density at radius 1 is 1.29 bits per heavy atom. The average molecular weight is 227 g/mol. The third kappa shape index (κ3) is 8.15. The first-order valence-corrected chi connectivity index (χ1v) is 5.49. The second-order valence-corrected chi connectivity index (χ2v) is 3.70. The number of phosphoric ester groups is 1. The molecule has 7 nitrogen and oxygen atoms in total.